The first kappa shape index (κ1) is 25.0. The zero-order valence-electron chi connectivity index (χ0n) is 20.9. The first-order valence-electron chi connectivity index (χ1n) is 12.1. The Balaban J connectivity index is 1.45. The number of hydrogen-bond donors (Lipinski definition) is 2. The Morgan fingerprint density at radius 2 is 1.69 bits per heavy atom. The fourth-order valence-corrected chi connectivity index (χ4v) is 4.58. The van der Waals surface area contributed by atoms with E-state index < -0.39 is 0 Å². The average molecular weight is 495 g/mol. The quantitative estimate of drug-likeness (QED) is 0.402. The van der Waals surface area contributed by atoms with Gasteiger partial charge in [-0.15, -0.1) is 0 Å². The van der Waals surface area contributed by atoms with E-state index in [0.717, 1.165) is 46.6 Å². The van der Waals surface area contributed by atoms with E-state index in [9.17, 15) is 0 Å². The van der Waals surface area contributed by atoms with Crippen molar-refractivity contribution in [1.82, 2.24) is 15.2 Å². The number of rotatable bonds is 8. The Morgan fingerprint density at radius 3 is 2.43 bits per heavy atom. The molecule has 0 spiro atoms. The molecular formula is C27H34N4O3S. The van der Waals surface area contributed by atoms with Gasteiger partial charge in [-0.1, -0.05) is 6.42 Å². The van der Waals surface area contributed by atoms with Crippen molar-refractivity contribution in [2.75, 3.05) is 45.7 Å². The first-order valence-corrected chi connectivity index (χ1v) is 12.5. The minimum absolute atomic E-state index is 0.631. The van der Waals surface area contributed by atoms with Crippen LogP contribution in [-0.2, 0) is 0 Å². The number of likely N-dealkylation sites (tertiary alicyclic amines) is 1. The Hall–Kier alpha value is -3.10. The van der Waals surface area contributed by atoms with E-state index >= 15 is 0 Å². The molecule has 0 amide bonds. The number of anilines is 1. The van der Waals surface area contributed by atoms with Crippen molar-refractivity contribution in [2.24, 2.45) is 0 Å². The summed E-state index contributed by atoms with van der Waals surface area (Å²) in [4.78, 5) is 6.95. The molecule has 1 fully saturated rings. The van der Waals surface area contributed by atoms with E-state index in [0.29, 0.717) is 22.4 Å². The number of nitrogens with zero attached hydrogens (tertiary/aromatic N) is 2. The zero-order valence-corrected chi connectivity index (χ0v) is 21.8. The monoisotopic (exact) mass is 494 g/mol. The molecule has 0 saturated carbocycles. The first-order chi connectivity index (χ1) is 17.0. The third-order valence-corrected chi connectivity index (χ3v) is 6.61. The van der Waals surface area contributed by atoms with Gasteiger partial charge in [0.25, 0.3) is 0 Å². The fraction of sp³-hybridized carbons (Fsp3) is 0.407. The van der Waals surface area contributed by atoms with Crippen molar-refractivity contribution in [3.05, 3.63) is 47.7 Å². The maximum atomic E-state index is 6.35. The lowest BCUT2D eigenvalue weighted by Gasteiger charge is -2.26. The second-order valence-corrected chi connectivity index (χ2v) is 9.26. The van der Waals surface area contributed by atoms with Crippen LogP contribution in [-0.4, -0.2) is 55.4 Å². The van der Waals surface area contributed by atoms with Crippen LogP contribution in [0.15, 0.2) is 36.5 Å². The lowest BCUT2D eigenvalue weighted by atomic mass is 10.1. The Labute approximate surface area is 212 Å². The zero-order chi connectivity index (χ0) is 24.8. The van der Waals surface area contributed by atoms with E-state index in [4.69, 9.17) is 26.4 Å². The molecule has 35 heavy (non-hydrogen) atoms. The highest BCUT2D eigenvalue weighted by Gasteiger charge is 2.14. The van der Waals surface area contributed by atoms with Gasteiger partial charge in [0.05, 0.1) is 19.7 Å². The Kier molecular flexibility index (Phi) is 8.25. The van der Waals surface area contributed by atoms with Crippen LogP contribution in [0.1, 0.15) is 30.4 Å². The molecular weight excluding hydrogens is 460 g/mol. The van der Waals surface area contributed by atoms with Crippen molar-refractivity contribution >= 4 is 33.9 Å². The van der Waals surface area contributed by atoms with Crippen LogP contribution in [0.3, 0.4) is 0 Å². The van der Waals surface area contributed by atoms with Gasteiger partial charge in [-0.2, -0.15) is 0 Å². The summed E-state index contributed by atoms with van der Waals surface area (Å²) in [6, 6.07) is 9.70. The smallest absolute Gasteiger partial charge is 0.170 e. The van der Waals surface area contributed by atoms with Gasteiger partial charge in [-0.25, -0.2) is 0 Å². The highest BCUT2D eigenvalue weighted by molar-refractivity contribution is 7.80. The third kappa shape index (κ3) is 6.13. The third-order valence-electron chi connectivity index (χ3n) is 6.36. The second-order valence-electron chi connectivity index (χ2n) is 8.85. The molecule has 0 aliphatic carbocycles. The number of nitrogens with one attached hydrogen (secondary N) is 2. The minimum atomic E-state index is 0.631. The van der Waals surface area contributed by atoms with E-state index in [1.54, 1.807) is 20.4 Å². The normalized spacial score (nSPS) is 13.9. The number of fused-ring (bicyclic) bond motifs is 1. The van der Waals surface area contributed by atoms with Crippen molar-refractivity contribution < 1.29 is 14.2 Å². The number of aromatic nitrogens is 1. The van der Waals surface area contributed by atoms with Crippen molar-refractivity contribution in [3.8, 4) is 23.0 Å². The largest absolute Gasteiger partial charge is 0.493 e. The molecule has 3 aromatic rings. The van der Waals surface area contributed by atoms with Gasteiger partial charge < -0.3 is 29.7 Å². The molecule has 2 aromatic carbocycles. The molecule has 0 unspecified atom stereocenters. The highest BCUT2D eigenvalue weighted by atomic mass is 32.1. The predicted octanol–water partition coefficient (Wildman–Crippen LogP) is 5.43. The lowest BCUT2D eigenvalue weighted by Crippen LogP contribution is -2.39. The fourth-order valence-electron chi connectivity index (χ4n) is 4.37. The van der Waals surface area contributed by atoms with Crippen LogP contribution in [0.5, 0.6) is 23.0 Å². The molecule has 1 saturated heterocycles. The molecule has 0 bridgehead atoms. The van der Waals surface area contributed by atoms with Crippen LogP contribution in [0.25, 0.3) is 10.9 Å². The van der Waals surface area contributed by atoms with Crippen molar-refractivity contribution in [3.63, 3.8) is 0 Å². The topological polar surface area (TPSA) is 67.9 Å². The summed E-state index contributed by atoms with van der Waals surface area (Å²) in [6.45, 7) is 8.31. The van der Waals surface area contributed by atoms with E-state index in [-0.39, 0.29) is 0 Å². The van der Waals surface area contributed by atoms with E-state index in [1.807, 2.05) is 38.1 Å². The van der Waals surface area contributed by atoms with Gasteiger partial charge in [-0.3, -0.25) is 4.98 Å². The van der Waals surface area contributed by atoms with Gasteiger partial charge in [-0.05, 0) is 87.4 Å². The number of ether oxygens (including phenoxy) is 3. The van der Waals surface area contributed by atoms with Crippen molar-refractivity contribution in [2.45, 2.75) is 33.1 Å². The minimum Gasteiger partial charge on any atom is -0.493 e. The van der Waals surface area contributed by atoms with E-state index in [1.165, 1.54) is 32.4 Å². The molecule has 186 valence electrons. The molecule has 1 aromatic heterocycles. The molecule has 1 aliphatic heterocycles. The SMILES string of the molecule is COc1cc2nccc(Oc3cc(C)c(NC(=S)NCCN4CCCCC4)cc3C)c2cc1OC. The number of methoxy groups -OCH3 is 2. The number of pyridine rings is 1. The predicted molar refractivity (Wildman–Crippen MR) is 145 cm³/mol. The molecule has 0 atom stereocenters. The molecule has 2 N–H and O–H groups in total. The van der Waals surface area contributed by atoms with Gasteiger partial charge in [0.15, 0.2) is 16.6 Å². The average Bonchev–Trinajstić information content (AvgIpc) is 2.87. The number of piperidine rings is 1. The Bertz CT molecular complexity index is 1190. The maximum Gasteiger partial charge on any atom is 0.170 e. The van der Waals surface area contributed by atoms with Crippen LogP contribution < -0.4 is 24.8 Å². The number of thiocarbonyl (C=S) groups is 1. The Morgan fingerprint density at radius 1 is 0.943 bits per heavy atom. The van der Waals surface area contributed by atoms with Crippen LogP contribution in [0, 0.1) is 13.8 Å². The molecule has 8 heteroatoms. The van der Waals surface area contributed by atoms with Crippen LogP contribution >= 0.6 is 12.2 Å². The van der Waals surface area contributed by atoms with Gasteiger partial charge in [0, 0.05) is 36.4 Å². The summed E-state index contributed by atoms with van der Waals surface area (Å²) in [5.41, 5.74) is 3.79. The number of hydrogen-bond acceptors (Lipinski definition) is 6. The molecule has 7 nitrogen and oxygen atoms in total. The van der Waals surface area contributed by atoms with Gasteiger partial charge >= 0.3 is 0 Å². The van der Waals surface area contributed by atoms with Crippen molar-refractivity contribution in [1.29, 1.82) is 0 Å². The molecule has 2 heterocycles. The lowest BCUT2D eigenvalue weighted by molar-refractivity contribution is 0.232. The summed E-state index contributed by atoms with van der Waals surface area (Å²) in [5.74, 6) is 2.74. The molecule has 4 rings (SSSR count). The van der Waals surface area contributed by atoms with Crippen LogP contribution in [0.2, 0.25) is 0 Å². The summed E-state index contributed by atoms with van der Waals surface area (Å²) >= 11 is 5.54. The maximum absolute atomic E-state index is 6.35. The molecule has 1 aliphatic rings. The van der Waals surface area contributed by atoms with Gasteiger partial charge in [0.1, 0.15) is 11.5 Å². The summed E-state index contributed by atoms with van der Waals surface area (Å²) in [7, 11) is 3.23. The standard InChI is InChI=1S/C27H34N4O3S/c1-18-15-24(34-23-8-9-28-22-17-26(33-4)25(32-3)16-20(22)23)19(2)14-21(18)30-27(35)29-10-13-31-11-6-5-7-12-31/h8-9,14-17H,5-7,10-13H2,1-4H3,(H2,29,30,35). The summed E-state index contributed by atoms with van der Waals surface area (Å²) in [6.07, 6.45) is 5.68. The van der Waals surface area contributed by atoms with E-state index in [2.05, 4.69) is 26.6 Å². The highest BCUT2D eigenvalue weighted by Crippen LogP contribution is 2.38. The van der Waals surface area contributed by atoms with Gasteiger partial charge in [0.2, 0.25) is 0 Å². The summed E-state index contributed by atoms with van der Waals surface area (Å²) < 4.78 is 17.2. The summed E-state index contributed by atoms with van der Waals surface area (Å²) in [5, 5.41) is 8.17. The van der Waals surface area contributed by atoms with Crippen LogP contribution in [0.4, 0.5) is 5.69 Å². The number of benzene rings is 2. The number of aryl methyl sites for hydroxylation is 2. The second kappa shape index (κ2) is 11.6. The molecule has 0 radical (unpaired) electrons.